The number of hydrogen-bond donors (Lipinski definition) is 1. The molecule has 1 aromatic carbocycles. The van der Waals surface area contributed by atoms with Crippen LogP contribution in [-0.4, -0.2) is 38.8 Å². The number of nitrogens with two attached hydrogens (primary N) is 1. The Hall–Kier alpha value is -2.22. The van der Waals surface area contributed by atoms with Gasteiger partial charge in [0.2, 0.25) is 0 Å². The van der Waals surface area contributed by atoms with Crippen molar-refractivity contribution >= 4 is 11.9 Å². The third kappa shape index (κ3) is 5.38. The van der Waals surface area contributed by atoms with E-state index in [1.807, 2.05) is 0 Å². The molecule has 0 radical (unpaired) electrons. The number of rotatable bonds is 9. The Kier molecular flexibility index (Phi) is 8.27. The summed E-state index contributed by atoms with van der Waals surface area (Å²) >= 11 is 0. The van der Waals surface area contributed by atoms with Crippen LogP contribution in [0, 0.1) is 17.6 Å². The van der Waals surface area contributed by atoms with Gasteiger partial charge in [-0.15, -0.1) is 0 Å². The number of halogens is 2. The van der Waals surface area contributed by atoms with Gasteiger partial charge in [0.15, 0.2) is 0 Å². The highest BCUT2D eigenvalue weighted by Gasteiger charge is 2.35. The molecule has 2 atom stereocenters. The number of carbonyl (C=O) groups is 2. The molecule has 140 valence electrons. The zero-order chi connectivity index (χ0) is 19.0. The third-order valence-electron chi connectivity index (χ3n) is 3.68. The van der Waals surface area contributed by atoms with E-state index in [1.54, 1.807) is 13.8 Å². The van der Waals surface area contributed by atoms with Crippen molar-refractivity contribution in [3.8, 4) is 5.75 Å². The highest BCUT2D eigenvalue weighted by atomic mass is 19.1. The minimum absolute atomic E-state index is 0.0194. The molecule has 0 aromatic heterocycles. The summed E-state index contributed by atoms with van der Waals surface area (Å²) in [5, 5.41) is 0. The van der Waals surface area contributed by atoms with Gasteiger partial charge in [-0.3, -0.25) is 9.59 Å². The Bertz CT molecular complexity index is 586. The number of benzene rings is 1. The van der Waals surface area contributed by atoms with Crippen molar-refractivity contribution in [2.45, 2.75) is 26.2 Å². The van der Waals surface area contributed by atoms with Gasteiger partial charge in [-0.1, -0.05) is 0 Å². The summed E-state index contributed by atoms with van der Waals surface area (Å²) in [4.78, 5) is 24.0. The summed E-state index contributed by atoms with van der Waals surface area (Å²) in [6, 6.07) is 1.96. The van der Waals surface area contributed by atoms with E-state index in [0.29, 0.717) is 0 Å². The molecule has 0 spiro atoms. The highest BCUT2D eigenvalue weighted by Crippen LogP contribution is 2.35. The molecule has 2 N–H and O–H groups in total. The van der Waals surface area contributed by atoms with Gasteiger partial charge in [0.25, 0.3) is 0 Å². The fraction of sp³-hybridized carbons (Fsp3) is 0.529. The Labute approximate surface area is 145 Å². The van der Waals surface area contributed by atoms with Crippen LogP contribution in [0.4, 0.5) is 8.78 Å². The van der Waals surface area contributed by atoms with E-state index in [9.17, 15) is 18.4 Å². The Balaban J connectivity index is 3.35. The van der Waals surface area contributed by atoms with Crippen LogP contribution in [0.5, 0.6) is 5.75 Å². The Morgan fingerprint density at radius 3 is 2.12 bits per heavy atom. The summed E-state index contributed by atoms with van der Waals surface area (Å²) in [5.41, 5.74) is 5.21. The topological polar surface area (TPSA) is 87.9 Å². The molecule has 0 amide bonds. The lowest BCUT2D eigenvalue weighted by molar-refractivity contribution is -0.150. The fourth-order valence-electron chi connectivity index (χ4n) is 2.55. The zero-order valence-electron chi connectivity index (χ0n) is 14.5. The van der Waals surface area contributed by atoms with Crippen LogP contribution in [-0.2, 0) is 19.1 Å². The molecule has 1 aromatic rings. The monoisotopic (exact) mass is 359 g/mol. The highest BCUT2D eigenvalue weighted by molar-refractivity contribution is 5.77. The van der Waals surface area contributed by atoms with Crippen LogP contribution in [0.15, 0.2) is 12.1 Å². The maximum atomic E-state index is 14.5. The van der Waals surface area contributed by atoms with Crippen molar-refractivity contribution in [3.63, 3.8) is 0 Å². The lowest BCUT2D eigenvalue weighted by Crippen LogP contribution is -2.33. The molecule has 0 aliphatic carbocycles. The molecule has 0 saturated heterocycles. The quantitative estimate of drug-likeness (QED) is 0.680. The van der Waals surface area contributed by atoms with E-state index >= 15 is 0 Å². The van der Waals surface area contributed by atoms with E-state index in [4.69, 9.17) is 19.9 Å². The summed E-state index contributed by atoms with van der Waals surface area (Å²) < 4.78 is 43.5. The van der Waals surface area contributed by atoms with Gasteiger partial charge in [-0.05, 0) is 13.8 Å². The van der Waals surface area contributed by atoms with Crippen molar-refractivity contribution in [1.29, 1.82) is 0 Å². The summed E-state index contributed by atoms with van der Waals surface area (Å²) in [7, 11) is 1.27. The molecule has 25 heavy (non-hydrogen) atoms. The van der Waals surface area contributed by atoms with Crippen molar-refractivity contribution in [2.75, 3.05) is 26.9 Å². The number of hydrogen-bond acceptors (Lipinski definition) is 6. The average Bonchev–Trinajstić information content (AvgIpc) is 2.55. The molecule has 1 rings (SSSR count). The molecule has 2 unspecified atom stereocenters. The van der Waals surface area contributed by atoms with Crippen LogP contribution in [0.3, 0.4) is 0 Å². The van der Waals surface area contributed by atoms with Crippen molar-refractivity contribution < 1.29 is 32.6 Å². The second-order valence-corrected chi connectivity index (χ2v) is 5.21. The molecule has 0 fully saturated rings. The minimum Gasteiger partial charge on any atom is -0.497 e. The fourth-order valence-corrected chi connectivity index (χ4v) is 2.55. The lowest BCUT2D eigenvalue weighted by Gasteiger charge is -2.25. The molecule has 0 aliphatic rings. The van der Waals surface area contributed by atoms with E-state index in [1.165, 1.54) is 7.11 Å². The molecule has 6 nitrogen and oxygen atoms in total. The van der Waals surface area contributed by atoms with Gasteiger partial charge in [-0.25, -0.2) is 8.78 Å². The van der Waals surface area contributed by atoms with E-state index < -0.39 is 47.4 Å². The number of ether oxygens (including phenoxy) is 3. The molecule has 0 aliphatic heterocycles. The smallest absolute Gasteiger partial charge is 0.310 e. The van der Waals surface area contributed by atoms with E-state index in [2.05, 4.69) is 0 Å². The van der Waals surface area contributed by atoms with Gasteiger partial charge in [0, 0.05) is 30.2 Å². The first-order chi connectivity index (χ1) is 11.9. The SMILES string of the molecule is CCOC(=O)CC(c1c(F)cc(OC)cc1F)C(CN)C(=O)OCC. The third-order valence-corrected chi connectivity index (χ3v) is 3.68. The van der Waals surface area contributed by atoms with E-state index in [-0.39, 0.29) is 25.5 Å². The van der Waals surface area contributed by atoms with Crippen LogP contribution >= 0.6 is 0 Å². The maximum absolute atomic E-state index is 14.5. The predicted octanol–water partition coefficient (Wildman–Crippen LogP) is 2.15. The summed E-state index contributed by atoms with van der Waals surface area (Å²) in [6.45, 7) is 3.14. The first-order valence-electron chi connectivity index (χ1n) is 7.94. The minimum atomic E-state index is -1.16. The number of methoxy groups -OCH3 is 1. The molecular formula is C17H23F2NO5. The first kappa shape index (κ1) is 20.8. The van der Waals surface area contributed by atoms with Crippen LogP contribution in [0.25, 0.3) is 0 Å². The van der Waals surface area contributed by atoms with Gasteiger partial charge in [0.1, 0.15) is 17.4 Å². The van der Waals surface area contributed by atoms with Crippen LogP contribution in [0.2, 0.25) is 0 Å². The standard InChI is InChI=1S/C17H23F2NO5/c1-4-24-15(21)8-11(12(9-20)17(22)25-5-2)16-13(18)6-10(23-3)7-14(16)19/h6-7,11-12H,4-5,8-9,20H2,1-3H3. The maximum Gasteiger partial charge on any atom is 0.310 e. The molecular weight excluding hydrogens is 336 g/mol. The van der Waals surface area contributed by atoms with Crippen molar-refractivity contribution in [3.05, 3.63) is 29.3 Å². The van der Waals surface area contributed by atoms with Crippen molar-refractivity contribution in [2.24, 2.45) is 11.7 Å². The average molecular weight is 359 g/mol. The second-order valence-electron chi connectivity index (χ2n) is 5.21. The number of carbonyl (C=O) groups excluding carboxylic acids is 2. The summed E-state index contributed by atoms with van der Waals surface area (Å²) in [5.74, 6) is -5.56. The normalized spacial score (nSPS) is 13.0. The second kappa shape index (κ2) is 9.93. The number of esters is 2. The Morgan fingerprint density at radius 2 is 1.68 bits per heavy atom. The lowest BCUT2D eigenvalue weighted by atomic mass is 9.82. The van der Waals surface area contributed by atoms with Gasteiger partial charge in [-0.2, -0.15) is 0 Å². The molecule has 0 saturated carbocycles. The summed E-state index contributed by atoms with van der Waals surface area (Å²) in [6.07, 6.45) is -0.408. The first-order valence-corrected chi connectivity index (χ1v) is 7.94. The van der Waals surface area contributed by atoms with Gasteiger partial charge in [0.05, 0.1) is 32.7 Å². The van der Waals surface area contributed by atoms with E-state index in [0.717, 1.165) is 12.1 Å². The zero-order valence-corrected chi connectivity index (χ0v) is 14.5. The molecule has 8 heteroatoms. The van der Waals surface area contributed by atoms with Crippen LogP contribution in [0.1, 0.15) is 31.7 Å². The molecule has 0 heterocycles. The van der Waals surface area contributed by atoms with Crippen LogP contribution < -0.4 is 10.5 Å². The molecule has 0 bridgehead atoms. The van der Waals surface area contributed by atoms with Crippen molar-refractivity contribution in [1.82, 2.24) is 0 Å². The van der Waals surface area contributed by atoms with Gasteiger partial charge >= 0.3 is 11.9 Å². The van der Waals surface area contributed by atoms with Gasteiger partial charge < -0.3 is 19.9 Å². The largest absolute Gasteiger partial charge is 0.497 e. The predicted molar refractivity (Wildman–Crippen MR) is 86.1 cm³/mol. The Morgan fingerprint density at radius 1 is 1.12 bits per heavy atom.